The van der Waals surface area contributed by atoms with E-state index in [1.54, 1.807) is 25.1 Å². The summed E-state index contributed by atoms with van der Waals surface area (Å²) in [6.07, 6.45) is 0. The first-order chi connectivity index (χ1) is 15.9. The number of anilines is 1. The number of non-ortho nitro benzene ring substituents is 1. The van der Waals surface area contributed by atoms with Crippen LogP contribution in [0.4, 0.5) is 11.5 Å². The molecule has 2 N–H and O–H groups in total. The number of hydrogen-bond donors (Lipinski definition) is 1. The van der Waals surface area contributed by atoms with Gasteiger partial charge in [0.05, 0.1) is 34.7 Å². The lowest BCUT2D eigenvalue weighted by molar-refractivity contribution is -0.384. The van der Waals surface area contributed by atoms with E-state index in [9.17, 15) is 19.7 Å². The minimum atomic E-state index is -0.726. The molecule has 0 bridgehead atoms. The second-order valence-electron chi connectivity index (χ2n) is 6.96. The van der Waals surface area contributed by atoms with Crippen LogP contribution < -0.4 is 5.73 Å². The fraction of sp³-hybridized carbons (Fsp3) is 0.182. The zero-order valence-electron chi connectivity index (χ0n) is 17.6. The van der Waals surface area contributed by atoms with Gasteiger partial charge in [-0.25, -0.2) is 19.6 Å². The summed E-state index contributed by atoms with van der Waals surface area (Å²) in [5, 5.41) is 10.9. The highest BCUT2D eigenvalue weighted by molar-refractivity contribution is 6.08. The van der Waals surface area contributed by atoms with Crippen molar-refractivity contribution in [3.05, 3.63) is 69.8 Å². The summed E-state index contributed by atoms with van der Waals surface area (Å²) < 4.78 is 11.9. The van der Waals surface area contributed by atoms with Crippen LogP contribution in [-0.2, 0) is 16.0 Å². The maximum Gasteiger partial charge on any atom is 0.344 e. The van der Waals surface area contributed by atoms with Crippen LogP contribution in [0, 0.1) is 10.1 Å². The Morgan fingerprint density at radius 3 is 2.48 bits per heavy atom. The van der Waals surface area contributed by atoms with Crippen molar-refractivity contribution in [1.82, 2.24) is 14.5 Å². The SMILES string of the molecule is CCOC(=O)c1c(N)n(CCOC(=O)c2cccc([N+](=O)[O-])c2)c2nc3ccccc3nc12. The number of hydrogen-bond acceptors (Lipinski definition) is 9. The Morgan fingerprint density at radius 2 is 1.79 bits per heavy atom. The topological polar surface area (TPSA) is 152 Å². The number of nitrogens with two attached hydrogens (primary N) is 1. The molecule has 0 saturated heterocycles. The number of rotatable bonds is 7. The minimum Gasteiger partial charge on any atom is -0.462 e. The summed E-state index contributed by atoms with van der Waals surface area (Å²) in [7, 11) is 0. The van der Waals surface area contributed by atoms with E-state index < -0.39 is 16.9 Å². The molecule has 0 aliphatic rings. The molecule has 2 aromatic heterocycles. The number of benzene rings is 2. The molecular weight excluding hydrogens is 430 g/mol. The van der Waals surface area contributed by atoms with Crippen LogP contribution in [0.3, 0.4) is 0 Å². The fourth-order valence-corrected chi connectivity index (χ4v) is 3.41. The third-order valence-corrected chi connectivity index (χ3v) is 4.91. The summed E-state index contributed by atoms with van der Waals surface area (Å²) in [5.74, 6) is -1.27. The number of esters is 2. The minimum absolute atomic E-state index is 0.0486. The molecule has 0 fully saturated rings. The van der Waals surface area contributed by atoms with Crippen LogP contribution >= 0.6 is 0 Å². The number of aromatic nitrogens is 3. The average Bonchev–Trinajstić information content (AvgIpc) is 3.08. The Kier molecular flexibility index (Phi) is 5.85. The van der Waals surface area contributed by atoms with Crippen molar-refractivity contribution >= 4 is 45.6 Å². The second kappa shape index (κ2) is 8.91. The molecule has 0 saturated carbocycles. The predicted molar refractivity (Wildman–Crippen MR) is 119 cm³/mol. The molecule has 4 aromatic rings. The van der Waals surface area contributed by atoms with Gasteiger partial charge in [-0.2, -0.15) is 0 Å². The summed E-state index contributed by atoms with van der Waals surface area (Å²) in [4.78, 5) is 44.4. The van der Waals surface area contributed by atoms with Crippen LogP contribution in [0.15, 0.2) is 48.5 Å². The Hall–Kier alpha value is -4.54. The van der Waals surface area contributed by atoms with Crippen LogP contribution in [0.25, 0.3) is 22.2 Å². The van der Waals surface area contributed by atoms with Crippen molar-refractivity contribution in [2.24, 2.45) is 0 Å². The highest BCUT2D eigenvalue weighted by Crippen LogP contribution is 2.28. The van der Waals surface area contributed by atoms with E-state index in [0.717, 1.165) is 6.07 Å². The van der Waals surface area contributed by atoms with Gasteiger partial charge in [0.1, 0.15) is 23.5 Å². The van der Waals surface area contributed by atoms with Crippen molar-refractivity contribution < 1.29 is 24.0 Å². The van der Waals surface area contributed by atoms with E-state index in [1.165, 1.54) is 22.8 Å². The number of nitrogen functional groups attached to an aromatic ring is 1. The van der Waals surface area contributed by atoms with Crippen LogP contribution in [0.2, 0.25) is 0 Å². The monoisotopic (exact) mass is 449 g/mol. The Labute approximate surface area is 186 Å². The Morgan fingerprint density at radius 1 is 1.06 bits per heavy atom. The zero-order valence-corrected chi connectivity index (χ0v) is 17.6. The molecule has 4 rings (SSSR count). The normalized spacial score (nSPS) is 10.9. The van der Waals surface area contributed by atoms with Crippen LogP contribution in [-0.4, -0.2) is 44.6 Å². The first-order valence-corrected chi connectivity index (χ1v) is 10.0. The fourth-order valence-electron chi connectivity index (χ4n) is 3.41. The molecule has 168 valence electrons. The lowest BCUT2D eigenvalue weighted by atomic mass is 10.2. The lowest BCUT2D eigenvalue weighted by Crippen LogP contribution is -2.14. The maximum atomic E-state index is 12.6. The molecule has 0 spiro atoms. The molecule has 0 aliphatic heterocycles. The molecule has 0 atom stereocenters. The third kappa shape index (κ3) is 4.15. The van der Waals surface area contributed by atoms with Crippen LogP contribution in [0.1, 0.15) is 27.6 Å². The number of nitro benzene ring substituents is 1. The van der Waals surface area contributed by atoms with Gasteiger partial charge < -0.3 is 19.8 Å². The maximum absolute atomic E-state index is 12.6. The third-order valence-electron chi connectivity index (χ3n) is 4.91. The van der Waals surface area contributed by atoms with E-state index in [0.29, 0.717) is 16.7 Å². The summed E-state index contributed by atoms with van der Waals surface area (Å²) in [6.45, 7) is 1.80. The Bertz CT molecular complexity index is 1400. The number of nitrogens with zero attached hydrogens (tertiary/aromatic N) is 4. The van der Waals surface area contributed by atoms with Crippen molar-refractivity contribution in [3.8, 4) is 0 Å². The number of fused-ring (bicyclic) bond motifs is 2. The lowest BCUT2D eigenvalue weighted by Gasteiger charge is -2.09. The molecule has 2 aromatic carbocycles. The van der Waals surface area contributed by atoms with Gasteiger partial charge in [0.15, 0.2) is 5.65 Å². The van der Waals surface area contributed by atoms with E-state index in [-0.39, 0.29) is 47.9 Å². The highest BCUT2D eigenvalue weighted by atomic mass is 16.6. The van der Waals surface area contributed by atoms with Gasteiger partial charge >= 0.3 is 11.9 Å². The summed E-state index contributed by atoms with van der Waals surface area (Å²) in [5.41, 5.74) is 8.01. The van der Waals surface area contributed by atoms with Gasteiger partial charge in [-0.1, -0.05) is 18.2 Å². The van der Waals surface area contributed by atoms with Crippen molar-refractivity contribution in [1.29, 1.82) is 0 Å². The van der Waals surface area contributed by atoms with Crippen molar-refractivity contribution in [2.75, 3.05) is 18.9 Å². The Balaban J connectivity index is 1.64. The molecule has 0 unspecified atom stereocenters. The molecule has 0 aliphatic carbocycles. The molecule has 2 heterocycles. The highest BCUT2D eigenvalue weighted by Gasteiger charge is 2.25. The van der Waals surface area contributed by atoms with Crippen molar-refractivity contribution in [3.63, 3.8) is 0 Å². The first-order valence-electron chi connectivity index (χ1n) is 10.0. The smallest absolute Gasteiger partial charge is 0.344 e. The van der Waals surface area contributed by atoms with Crippen molar-refractivity contribution in [2.45, 2.75) is 13.5 Å². The van der Waals surface area contributed by atoms with Gasteiger partial charge in [-0.15, -0.1) is 0 Å². The number of carbonyl (C=O) groups is 2. The second-order valence-corrected chi connectivity index (χ2v) is 6.96. The molecule has 33 heavy (non-hydrogen) atoms. The largest absolute Gasteiger partial charge is 0.462 e. The standard InChI is InChI=1S/C22H19N5O6/c1-2-32-22(29)17-18-20(25-16-9-4-3-8-15(16)24-18)26(19(17)23)10-11-33-21(28)13-6-5-7-14(12-13)27(30)31/h3-9,12H,2,10-11,23H2,1H3. The number of nitro groups is 1. The zero-order chi connectivity index (χ0) is 23.5. The number of ether oxygens (including phenoxy) is 2. The number of para-hydroxylation sites is 2. The van der Waals surface area contributed by atoms with Gasteiger partial charge in [-0.05, 0) is 25.1 Å². The molecule has 0 amide bonds. The molecular formula is C22H19N5O6. The van der Waals surface area contributed by atoms with Gasteiger partial charge in [0.25, 0.3) is 5.69 Å². The average molecular weight is 449 g/mol. The van der Waals surface area contributed by atoms with E-state index >= 15 is 0 Å². The quantitative estimate of drug-likeness (QED) is 0.255. The van der Waals surface area contributed by atoms with Gasteiger partial charge in [-0.3, -0.25) is 10.1 Å². The summed E-state index contributed by atoms with van der Waals surface area (Å²) in [6, 6.07) is 12.4. The summed E-state index contributed by atoms with van der Waals surface area (Å²) >= 11 is 0. The van der Waals surface area contributed by atoms with E-state index in [4.69, 9.17) is 15.2 Å². The predicted octanol–water partition coefficient (Wildman–Crippen LogP) is 3.11. The van der Waals surface area contributed by atoms with E-state index in [2.05, 4.69) is 9.97 Å². The van der Waals surface area contributed by atoms with Gasteiger partial charge in [0.2, 0.25) is 0 Å². The van der Waals surface area contributed by atoms with Crippen LogP contribution in [0.5, 0.6) is 0 Å². The first kappa shape index (κ1) is 21.7. The van der Waals surface area contributed by atoms with Gasteiger partial charge in [0, 0.05) is 12.1 Å². The molecule has 11 heteroatoms. The molecule has 0 radical (unpaired) electrons. The molecule has 11 nitrogen and oxygen atoms in total. The number of carbonyl (C=O) groups excluding carboxylic acids is 2. The van der Waals surface area contributed by atoms with E-state index in [1.807, 2.05) is 6.07 Å².